The predicted octanol–water partition coefficient (Wildman–Crippen LogP) is 2.47. The second kappa shape index (κ2) is 6.91. The largest absolute Gasteiger partial charge is 0.340 e. The Morgan fingerprint density at radius 2 is 2.12 bits per heavy atom. The van der Waals surface area contributed by atoms with Crippen molar-refractivity contribution in [1.82, 2.24) is 10.3 Å². The third-order valence-electron chi connectivity index (χ3n) is 2.62. The lowest BCUT2D eigenvalue weighted by Crippen LogP contribution is -2.47. The molecule has 0 spiro atoms. The SMILES string of the molecule is O=NN(CCCl)C(=O)NC1CCCCC1Cl. The van der Waals surface area contributed by atoms with Gasteiger partial charge in [-0.3, -0.25) is 0 Å². The molecule has 0 radical (unpaired) electrons. The number of alkyl halides is 2. The van der Waals surface area contributed by atoms with Crippen LogP contribution in [-0.4, -0.2) is 34.9 Å². The summed E-state index contributed by atoms with van der Waals surface area (Å²) in [6, 6.07) is -0.601. The molecular weight excluding hydrogens is 253 g/mol. The number of rotatable bonds is 4. The van der Waals surface area contributed by atoms with E-state index in [2.05, 4.69) is 10.6 Å². The van der Waals surface area contributed by atoms with Crippen LogP contribution >= 0.6 is 23.2 Å². The molecule has 16 heavy (non-hydrogen) atoms. The number of amides is 2. The van der Waals surface area contributed by atoms with Crippen LogP contribution < -0.4 is 5.32 Å². The van der Waals surface area contributed by atoms with Gasteiger partial charge in [0, 0.05) is 11.9 Å². The Bertz CT molecular complexity index is 253. The zero-order valence-corrected chi connectivity index (χ0v) is 10.4. The summed E-state index contributed by atoms with van der Waals surface area (Å²) in [4.78, 5) is 22.0. The quantitative estimate of drug-likeness (QED) is 0.483. The van der Waals surface area contributed by atoms with Gasteiger partial charge in [-0.2, -0.15) is 5.01 Å². The fourth-order valence-electron chi connectivity index (χ4n) is 1.74. The van der Waals surface area contributed by atoms with Gasteiger partial charge >= 0.3 is 6.03 Å². The first kappa shape index (κ1) is 13.5. The molecule has 0 aromatic heterocycles. The first-order valence-corrected chi connectivity index (χ1v) is 6.27. The Balaban J connectivity index is 2.44. The van der Waals surface area contributed by atoms with Crippen LogP contribution in [0.3, 0.4) is 0 Å². The Labute approximate surface area is 104 Å². The number of hydrogen-bond acceptors (Lipinski definition) is 3. The summed E-state index contributed by atoms with van der Waals surface area (Å²) in [5.74, 6) is 0.175. The fraction of sp³-hybridized carbons (Fsp3) is 0.889. The predicted molar refractivity (Wildman–Crippen MR) is 63.6 cm³/mol. The molecule has 92 valence electrons. The lowest BCUT2D eigenvalue weighted by molar-refractivity contribution is 0.194. The Morgan fingerprint density at radius 3 is 2.69 bits per heavy atom. The van der Waals surface area contributed by atoms with Gasteiger partial charge in [-0.05, 0) is 12.8 Å². The van der Waals surface area contributed by atoms with Crippen molar-refractivity contribution >= 4 is 29.2 Å². The highest BCUT2D eigenvalue weighted by Gasteiger charge is 2.26. The van der Waals surface area contributed by atoms with Crippen LogP contribution in [0.15, 0.2) is 5.29 Å². The summed E-state index contributed by atoms with van der Waals surface area (Å²) >= 11 is 11.5. The second-order valence-electron chi connectivity index (χ2n) is 3.75. The molecule has 0 heterocycles. The normalized spacial score (nSPS) is 24.9. The molecule has 1 N–H and O–H groups in total. The monoisotopic (exact) mass is 267 g/mol. The minimum Gasteiger partial charge on any atom is -0.332 e. The van der Waals surface area contributed by atoms with Crippen LogP contribution in [0.5, 0.6) is 0 Å². The van der Waals surface area contributed by atoms with Crippen molar-refractivity contribution in [1.29, 1.82) is 0 Å². The van der Waals surface area contributed by atoms with Gasteiger partial charge in [0.2, 0.25) is 0 Å². The Kier molecular flexibility index (Phi) is 5.84. The van der Waals surface area contributed by atoms with E-state index in [4.69, 9.17) is 23.2 Å². The smallest absolute Gasteiger partial charge is 0.332 e. The highest BCUT2D eigenvalue weighted by Crippen LogP contribution is 2.23. The number of nitrogens with zero attached hydrogens (tertiary/aromatic N) is 2. The molecule has 0 aromatic rings. The van der Waals surface area contributed by atoms with E-state index in [0.717, 1.165) is 30.7 Å². The van der Waals surface area contributed by atoms with Gasteiger partial charge < -0.3 is 5.32 Å². The van der Waals surface area contributed by atoms with Crippen molar-refractivity contribution in [3.63, 3.8) is 0 Å². The van der Waals surface area contributed by atoms with Gasteiger partial charge in [0.25, 0.3) is 0 Å². The standard InChI is InChI=1S/C9H15Cl2N3O2/c10-5-6-14(13-16)9(15)12-8-4-2-1-3-7(8)11/h7-8H,1-6H2,(H,12,15). The van der Waals surface area contributed by atoms with E-state index < -0.39 is 6.03 Å². The number of carbonyl (C=O) groups excluding carboxylic acids is 1. The molecule has 0 saturated heterocycles. The summed E-state index contributed by atoms with van der Waals surface area (Å²) in [7, 11) is 0. The van der Waals surface area contributed by atoms with Crippen molar-refractivity contribution in [3.05, 3.63) is 4.91 Å². The van der Waals surface area contributed by atoms with Crippen molar-refractivity contribution < 1.29 is 4.79 Å². The van der Waals surface area contributed by atoms with E-state index in [-0.39, 0.29) is 23.8 Å². The first-order valence-electron chi connectivity index (χ1n) is 5.30. The maximum Gasteiger partial charge on any atom is 0.340 e. The molecule has 2 amide bonds. The van der Waals surface area contributed by atoms with Crippen LogP contribution in [0.1, 0.15) is 25.7 Å². The van der Waals surface area contributed by atoms with Crippen molar-refractivity contribution in [2.24, 2.45) is 5.29 Å². The summed E-state index contributed by atoms with van der Waals surface area (Å²) in [5.41, 5.74) is 0. The van der Waals surface area contributed by atoms with Crippen molar-refractivity contribution in [2.75, 3.05) is 12.4 Å². The molecule has 0 aromatic carbocycles. The van der Waals surface area contributed by atoms with Gasteiger partial charge in [-0.25, -0.2) is 4.79 Å². The van der Waals surface area contributed by atoms with E-state index in [0.29, 0.717) is 0 Å². The molecule has 0 bridgehead atoms. The zero-order chi connectivity index (χ0) is 12.0. The van der Waals surface area contributed by atoms with Gasteiger partial charge in [0.15, 0.2) is 0 Å². The molecule has 2 unspecified atom stereocenters. The number of carbonyl (C=O) groups is 1. The molecule has 1 fully saturated rings. The van der Waals surface area contributed by atoms with Crippen molar-refractivity contribution in [2.45, 2.75) is 37.1 Å². The van der Waals surface area contributed by atoms with Crippen LogP contribution in [-0.2, 0) is 0 Å². The van der Waals surface area contributed by atoms with Gasteiger partial charge in [0.05, 0.1) is 17.2 Å². The highest BCUT2D eigenvalue weighted by atomic mass is 35.5. The van der Waals surface area contributed by atoms with Crippen LogP contribution in [0.2, 0.25) is 0 Å². The summed E-state index contributed by atoms with van der Waals surface area (Å²) in [6.07, 6.45) is 3.85. The van der Waals surface area contributed by atoms with E-state index >= 15 is 0 Å². The molecule has 1 aliphatic rings. The van der Waals surface area contributed by atoms with Gasteiger partial charge in [-0.15, -0.1) is 28.1 Å². The topological polar surface area (TPSA) is 61.8 Å². The number of nitroso groups, excluding NO2 is 1. The minimum atomic E-state index is -0.520. The fourth-order valence-corrected chi connectivity index (χ4v) is 2.24. The molecule has 5 nitrogen and oxygen atoms in total. The zero-order valence-electron chi connectivity index (χ0n) is 8.86. The minimum absolute atomic E-state index is 0.0674. The summed E-state index contributed by atoms with van der Waals surface area (Å²) < 4.78 is 0. The molecule has 2 atom stereocenters. The molecule has 1 rings (SSSR count). The lowest BCUT2D eigenvalue weighted by atomic mass is 9.95. The molecular formula is C9H15Cl2N3O2. The maximum absolute atomic E-state index is 11.6. The summed E-state index contributed by atoms with van der Waals surface area (Å²) in [5, 5.41) is 6.03. The average Bonchev–Trinajstić information content (AvgIpc) is 2.29. The highest BCUT2D eigenvalue weighted by molar-refractivity contribution is 6.21. The van der Waals surface area contributed by atoms with Crippen LogP contribution in [0.25, 0.3) is 0 Å². The molecule has 0 aliphatic heterocycles. The lowest BCUT2D eigenvalue weighted by Gasteiger charge is -2.28. The number of nitrogens with one attached hydrogen (secondary N) is 1. The van der Waals surface area contributed by atoms with Gasteiger partial charge in [-0.1, -0.05) is 12.8 Å². The van der Waals surface area contributed by atoms with Crippen LogP contribution in [0.4, 0.5) is 4.79 Å². The summed E-state index contributed by atoms with van der Waals surface area (Å²) in [6.45, 7) is 0.108. The number of halogens is 2. The molecule has 7 heteroatoms. The number of hydrogen-bond donors (Lipinski definition) is 1. The van der Waals surface area contributed by atoms with Gasteiger partial charge in [0.1, 0.15) is 0 Å². The Morgan fingerprint density at radius 1 is 1.44 bits per heavy atom. The van der Waals surface area contributed by atoms with E-state index in [1.54, 1.807) is 0 Å². The first-order chi connectivity index (χ1) is 7.69. The molecule has 1 saturated carbocycles. The molecule has 1 aliphatic carbocycles. The van der Waals surface area contributed by atoms with E-state index in [1.165, 1.54) is 0 Å². The van der Waals surface area contributed by atoms with E-state index in [9.17, 15) is 9.70 Å². The third-order valence-corrected chi connectivity index (χ3v) is 3.31. The van der Waals surface area contributed by atoms with Crippen LogP contribution in [0, 0.1) is 4.91 Å². The Hall–Kier alpha value is -0.550. The van der Waals surface area contributed by atoms with E-state index in [1.807, 2.05) is 0 Å². The third kappa shape index (κ3) is 3.79. The van der Waals surface area contributed by atoms with Crippen molar-refractivity contribution in [3.8, 4) is 0 Å². The average molecular weight is 268 g/mol. The number of urea groups is 1. The second-order valence-corrected chi connectivity index (χ2v) is 4.69. The maximum atomic E-state index is 11.6.